The van der Waals surface area contributed by atoms with Gasteiger partial charge in [-0.3, -0.25) is 0 Å². The van der Waals surface area contributed by atoms with Crippen LogP contribution in [-0.2, 0) is 4.79 Å². The molecule has 0 atom stereocenters. The molecule has 1 nitrogen and oxygen atoms in total. The van der Waals surface area contributed by atoms with E-state index in [1.807, 2.05) is 0 Å². The van der Waals surface area contributed by atoms with Gasteiger partial charge in [0.15, 0.2) is 0 Å². The number of carbonyl (C=O) groups excluding carboxylic acids is 1. The zero-order valence-corrected chi connectivity index (χ0v) is 16.2. The van der Waals surface area contributed by atoms with E-state index in [2.05, 4.69) is 20.8 Å². The molecule has 0 amide bonds. The summed E-state index contributed by atoms with van der Waals surface area (Å²) in [5.41, 5.74) is 0.210. The van der Waals surface area contributed by atoms with Crippen LogP contribution in [0, 0.1) is 29.1 Å². The summed E-state index contributed by atoms with van der Waals surface area (Å²) < 4.78 is 0. The van der Waals surface area contributed by atoms with Crippen molar-refractivity contribution in [3.8, 4) is 0 Å². The first-order valence-electron chi connectivity index (χ1n) is 10.4. The second-order valence-electron chi connectivity index (χ2n) is 9.66. The summed E-state index contributed by atoms with van der Waals surface area (Å²) in [5, 5.41) is 0. The van der Waals surface area contributed by atoms with Crippen LogP contribution < -0.4 is 0 Å². The first kappa shape index (κ1) is 19.0. The second kappa shape index (κ2) is 8.67. The summed E-state index contributed by atoms with van der Waals surface area (Å²) in [7, 11) is 0. The highest BCUT2D eigenvalue weighted by atomic mass is 16.1. The number of hydrogen-bond donors (Lipinski definition) is 0. The van der Waals surface area contributed by atoms with Crippen molar-refractivity contribution < 1.29 is 4.79 Å². The van der Waals surface area contributed by atoms with Crippen molar-refractivity contribution in [2.24, 2.45) is 29.1 Å². The van der Waals surface area contributed by atoms with Crippen LogP contribution in [-0.4, -0.2) is 5.78 Å². The summed E-state index contributed by atoms with van der Waals surface area (Å²) in [6.45, 7) is 8.67. The van der Waals surface area contributed by atoms with Crippen molar-refractivity contribution in [2.45, 2.75) is 105 Å². The van der Waals surface area contributed by atoms with E-state index in [0.29, 0.717) is 5.78 Å². The van der Waals surface area contributed by atoms with Crippen LogP contribution in [0.2, 0.25) is 0 Å². The van der Waals surface area contributed by atoms with Crippen molar-refractivity contribution in [3.63, 3.8) is 0 Å². The molecule has 0 N–H and O–H groups in total. The van der Waals surface area contributed by atoms with Crippen LogP contribution in [0.1, 0.15) is 105 Å². The Morgan fingerprint density at radius 2 is 1.26 bits per heavy atom. The Labute approximate surface area is 145 Å². The third kappa shape index (κ3) is 6.59. The zero-order valence-electron chi connectivity index (χ0n) is 16.2. The Kier molecular flexibility index (Phi) is 7.17. The summed E-state index contributed by atoms with van der Waals surface area (Å²) in [6.07, 6.45) is 16.7. The number of carbonyl (C=O) groups is 1. The molecule has 2 aliphatic rings. The molecule has 1 heteroatoms. The standard InChI is InChI=1S/C22H40O/c1-5-18-6-8-19(9-7-18)14-20-10-12-21(13-11-20)16-22(3,4)15-17(2)23/h18-21H,5-16H2,1-4H3. The van der Waals surface area contributed by atoms with E-state index in [4.69, 9.17) is 0 Å². The maximum absolute atomic E-state index is 11.4. The highest BCUT2D eigenvalue weighted by Crippen LogP contribution is 2.42. The van der Waals surface area contributed by atoms with E-state index in [0.717, 1.165) is 30.1 Å². The van der Waals surface area contributed by atoms with E-state index in [9.17, 15) is 4.79 Å². The highest BCUT2D eigenvalue weighted by Gasteiger charge is 2.30. The molecule has 0 bridgehead atoms. The van der Waals surface area contributed by atoms with Gasteiger partial charge in [0.05, 0.1) is 0 Å². The molecule has 0 aromatic heterocycles. The molecule has 0 heterocycles. The lowest BCUT2D eigenvalue weighted by Gasteiger charge is -2.36. The molecule has 134 valence electrons. The number of rotatable bonds is 7. The SMILES string of the molecule is CCC1CCC(CC2CCC(CC(C)(C)CC(C)=O)CC2)CC1. The Morgan fingerprint density at radius 1 is 0.826 bits per heavy atom. The van der Waals surface area contributed by atoms with Crippen molar-refractivity contribution >= 4 is 5.78 Å². The van der Waals surface area contributed by atoms with Gasteiger partial charge in [-0.15, -0.1) is 0 Å². The molecule has 0 aliphatic heterocycles. The minimum Gasteiger partial charge on any atom is -0.300 e. The summed E-state index contributed by atoms with van der Waals surface area (Å²) >= 11 is 0. The lowest BCUT2D eigenvalue weighted by Crippen LogP contribution is -2.25. The summed E-state index contributed by atoms with van der Waals surface area (Å²) in [6, 6.07) is 0. The second-order valence-corrected chi connectivity index (χ2v) is 9.66. The summed E-state index contributed by atoms with van der Waals surface area (Å²) in [5.74, 6) is 4.30. The molecule has 0 radical (unpaired) electrons. The Balaban J connectivity index is 1.67. The molecular weight excluding hydrogens is 280 g/mol. The van der Waals surface area contributed by atoms with Crippen molar-refractivity contribution in [2.75, 3.05) is 0 Å². The number of hydrogen-bond acceptors (Lipinski definition) is 1. The van der Waals surface area contributed by atoms with Crippen LogP contribution in [0.5, 0.6) is 0 Å². The van der Waals surface area contributed by atoms with Crippen molar-refractivity contribution in [3.05, 3.63) is 0 Å². The van der Waals surface area contributed by atoms with Gasteiger partial charge in [0.2, 0.25) is 0 Å². The lowest BCUT2D eigenvalue weighted by atomic mass is 9.69. The monoisotopic (exact) mass is 320 g/mol. The Morgan fingerprint density at radius 3 is 1.70 bits per heavy atom. The molecule has 0 aromatic rings. The van der Waals surface area contributed by atoms with E-state index in [-0.39, 0.29) is 5.41 Å². The smallest absolute Gasteiger partial charge is 0.130 e. The molecule has 0 saturated heterocycles. The third-order valence-electron chi connectivity index (χ3n) is 6.75. The molecule has 0 aromatic carbocycles. The molecule has 0 unspecified atom stereocenters. The van der Waals surface area contributed by atoms with Gasteiger partial charge in [-0.1, -0.05) is 78.6 Å². The van der Waals surface area contributed by atoms with Crippen LogP contribution in [0.4, 0.5) is 0 Å². The van der Waals surface area contributed by atoms with E-state index < -0.39 is 0 Å². The van der Waals surface area contributed by atoms with Gasteiger partial charge in [0.1, 0.15) is 5.78 Å². The first-order valence-corrected chi connectivity index (χ1v) is 10.4. The fourth-order valence-electron chi connectivity index (χ4n) is 5.55. The molecule has 2 fully saturated rings. The summed E-state index contributed by atoms with van der Waals surface area (Å²) in [4.78, 5) is 11.4. The molecule has 0 spiro atoms. The Hall–Kier alpha value is -0.330. The van der Waals surface area contributed by atoms with Gasteiger partial charge in [-0.25, -0.2) is 0 Å². The Bertz CT molecular complexity index is 354. The third-order valence-corrected chi connectivity index (χ3v) is 6.75. The van der Waals surface area contributed by atoms with Gasteiger partial charge in [0.25, 0.3) is 0 Å². The largest absolute Gasteiger partial charge is 0.300 e. The van der Waals surface area contributed by atoms with Gasteiger partial charge >= 0.3 is 0 Å². The number of ketones is 1. The van der Waals surface area contributed by atoms with E-state index >= 15 is 0 Å². The lowest BCUT2D eigenvalue weighted by molar-refractivity contribution is -0.119. The number of Topliss-reactive ketones (excluding diaryl/α,β-unsaturated/α-hetero) is 1. The van der Waals surface area contributed by atoms with E-state index in [1.54, 1.807) is 6.92 Å². The maximum atomic E-state index is 11.4. The normalized spacial score (nSPS) is 32.7. The van der Waals surface area contributed by atoms with Gasteiger partial charge < -0.3 is 4.79 Å². The predicted molar refractivity (Wildman–Crippen MR) is 99.5 cm³/mol. The van der Waals surface area contributed by atoms with Crippen LogP contribution in [0.3, 0.4) is 0 Å². The average Bonchev–Trinajstić information content (AvgIpc) is 2.48. The van der Waals surface area contributed by atoms with Gasteiger partial charge in [0, 0.05) is 6.42 Å². The average molecular weight is 321 g/mol. The molecule has 23 heavy (non-hydrogen) atoms. The van der Waals surface area contributed by atoms with Gasteiger partial charge in [-0.2, -0.15) is 0 Å². The van der Waals surface area contributed by atoms with Crippen LogP contribution in [0.15, 0.2) is 0 Å². The molecular formula is C22H40O. The predicted octanol–water partition coefficient (Wildman–Crippen LogP) is 6.79. The topological polar surface area (TPSA) is 17.1 Å². The molecule has 2 rings (SSSR count). The highest BCUT2D eigenvalue weighted by molar-refractivity contribution is 5.76. The van der Waals surface area contributed by atoms with Gasteiger partial charge in [-0.05, 0) is 48.9 Å². The minimum absolute atomic E-state index is 0.210. The quantitative estimate of drug-likeness (QED) is 0.504. The fraction of sp³-hybridized carbons (Fsp3) is 0.955. The maximum Gasteiger partial charge on any atom is 0.130 e. The molecule has 2 saturated carbocycles. The van der Waals surface area contributed by atoms with Crippen molar-refractivity contribution in [1.82, 2.24) is 0 Å². The first-order chi connectivity index (χ1) is 10.9. The van der Waals surface area contributed by atoms with Crippen LogP contribution in [0.25, 0.3) is 0 Å². The molecule has 2 aliphatic carbocycles. The fourth-order valence-corrected chi connectivity index (χ4v) is 5.55. The minimum atomic E-state index is 0.210. The van der Waals surface area contributed by atoms with E-state index in [1.165, 1.54) is 70.6 Å². The van der Waals surface area contributed by atoms with Crippen LogP contribution >= 0.6 is 0 Å². The van der Waals surface area contributed by atoms with Crippen molar-refractivity contribution in [1.29, 1.82) is 0 Å². The zero-order chi connectivity index (χ0) is 16.9.